The molecule has 212 valence electrons. The van der Waals surface area contributed by atoms with E-state index in [0.717, 1.165) is 5.56 Å². The number of nitrogens with two attached hydrogens (primary N) is 1. The summed E-state index contributed by atoms with van der Waals surface area (Å²) in [4.78, 5) is 41.6. The number of carbonyl (C=O) groups excluding carboxylic acids is 3. The number of nitrogen functional groups attached to an aromatic ring is 1. The zero-order valence-corrected chi connectivity index (χ0v) is 24.7. The monoisotopic (exact) mass is 576 g/mol. The SMILES string of the molecule is COc1ccc(C[C@H](NC(=O)c2cccc(N)c2Cl)[C@H](O)C(=O)N2CSC(C)(C)C2C(=O)NC(C)(C)C)cc1. The molecule has 3 atom stereocenters. The molecule has 1 saturated heterocycles. The van der Waals surface area contributed by atoms with Crippen molar-refractivity contribution in [2.45, 2.75) is 69.5 Å². The minimum absolute atomic E-state index is 0.0793. The summed E-state index contributed by atoms with van der Waals surface area (Å²) in [6, 6.07) is 9.92. The lowest BCUT2D eigenvalue weighted by molar-refractivity contribution is -0.147. The number of hydrogen-bond acceptors (Lipinski definition) is 7. The molecule has 3 rings (SSSR count). The summed E-state index contributed by atoms with van der Waals surface area (Å²) in [7, 11) is 1.55. The lowest BCUT2D eigenvalue weighted by Gasteiger charge is -2.35. The molecule has 2 aromatic carbocycles. The van der Waals surface area contributed by atoms with Crippen LogP contribution in [-0.2, 0) is 16.0 Å². The maximum Gasteiger partial charge on any atom is 0.254 e. The zero-order valence-electron chi connectivity index (χ0n) is 23.1. The van der Waals surface area contributed by atoms with Crippen molar-refractivity contribution < 1.29 is 24.2 Å². The Balaban J connectivity index is 1.91. The Labute approximate surface area is 238 Å². The summed E-state index contributed by atoms with van der Waals surface area (Å²) in [5.41, 5.74) is 6.47. The predicted molar refractivity (Wildman–Crippen MR) is 155 cm³/mol. The number of ether oxygens (including phenoxy) is 1. The number of halogens is 1. The van der Waals surface area contributed by atoms with Gasteiger partial charge in [0, 0.05) is 10.3 Å². The third kappa shape index (κ3) is 7.38. The number of carbonyl (C=O) groups is 3. The van der Waals surface area contributed by atoms with E-state index in [0.29, 0.717) is 5.75 Å². The van der Waals surface area contributed by atoms with Crippen LogP contribution in [0.1, 0.15) is 50.5 Å². The van der Waals surface area contributed by atoms with Gasteiger partial charge < -0.3 is 31.1 Å². The summed E-state index contributed by atoms with van der Waals surface area (Å²) < 4.78 is 4.63. The maximum atomic E-state index is 13.7. The second kappa shape index (κ2) is 12.1. The molecule has 0 spiro atoms. The average molecular weight is 577 g/mol. The molecule has 0 aliphatic carbocycles. The maximum absolute atomic E-state index is 13.7. The van der Waals surface area contributed by atoms with E-state index in [1.54, 1.807) is 43.5 Å². The number of amides is 3. The highest BCUT2D eigenvalue weighted by Gasteiger charge is 2.50. The van der Waals surface area contributed by atoms with Gasteiger partial charge in [-0.15, -0.1) is 11.8 Å². The van der Waals surface area contributed by atoms with Crippen LogP contribution in [0.25, 0.3) is 0 Å². The Morgan fingerprint density at radius 1 is 1.21 bits per heavy atom. The van der Waals surface area contributed by atoms with Gasteiger partial charge >= 0.3 is 0 Å². The Morgan fingerprint density at radius 3 is 2.44 bits per heavy atom. The molecule has 0 aromatic heterocycles. The molecule has 1 fully saturated rings. The highest BCUT2D eigenvalue weighted by atomic mass is 35.5. The van der Waals surface area contributed by atoms with Gasteiger partial charge in [0.05, 0.1) is 35.3 Å². The van der Waals surface area contributed by atoms with Crippen LogP contribution in [0.3, 0.4) is 0 Å². The first-order valence-electron chi connectivity index (χ1n) is 12.6. The molecule has 0 saturated carbocycles. The van der Waals surface area contributed by atoms with E-state index in [2.05, 4.69) is 10.6 Å². The van der Waals surface area contributed by atoms with E-state index in [4.69, 9.17) is 22.1 Å². The summed E-state index contributed by atoms with van der Waals surface area (Å²) in [6.45, 7) is 9.37. The van der Waals surface area contributed by atoms with Crippen molar-refractivity contribution in [3.05, 3.63) is 58.6 Å². The van der Waals surface area contributed by atoms with Gasteiger partial charge in [-0.25, -0.2) is 0 Å². The third-order valence-corrected chi connectivity index (χ3v) is 8.21. The topological polar surface area (TPSA) is 134 Å². The first-order chi connectivity index (χ1) is 18.1. The average Bonchev–Trinajstić information content (AvgIpc) is 3.18. The van der Waals surface area contributed by atoms with Crippen LogP contribution in [-0.4, -0.2) is 69.2 Å². The van der Waals surface area contributed by atoms with E-state index in [9.17, 15) is 19.5 Å². The predicted octanol–water partition coefficient (Wildman–Crippen LogP) is 3.23. The van der Waals surface area contributed by atoms with E-state index >= 15 is 0 Å². The first kappa shape index (κ1) is 30.6. The number of hydrogen-bond donors (Lipinski definition) is 4. The largest absolute Gasteiger partial charge is 0.497 e. The highest BCUT2D eigenvalue weighted by Crippen LogP contribution is 2.40. The fraction of sp³-hybridized carbons (Fsp3) is 0.464. The number of aliphatic hydroxyl groups excluding tert-OH is 1. The van der Waals surface area contributed by atoms with Crippen LogP contribution < -0.4 is 21.1 Å². The number of nitrogens with zero attached hydrogens (tertiary/aromatic N) is 1. The Kier molecular flexibility index (Phi) is 9.46. The van der Waals surface area contributed by atoms with Crippen molar-refractivity contribution in [3.63, 3.8) is 0 Å². The van der Waals surface area contributed by atoms with Gasteiger partial charge in [-0.2, -0.15) is 0 Å². The minimum atomic E-state index is -1.64. The molecule has 11 heteroatoms. The smallest absolute Gasteiger partial charge is 0.254 e. The van der Waals surface area contributed by atoms with Crippen molar-refractivity contribution in [2.75, 3.05) is 18.7 Å². The Bertz CT molecular complexity index is 1220. The number of benzene rings is 2. The van der Waals surface area contributed by atoms with E-state index in [1.807, 2.05) is 34.6 Å². The van der Waals surface area contributed by atoms with Crippen LogP contribution in [0.4, 0.5) is 5.69 Å². The second-order valence-electron chi connectivity index (χ2n) is 11.1. The van der Waals surface area contributed by atoms with Crippen molar-refractivity contribution in [1.29, 1.82) is 0 Å². The molecular weight excluding hydrogens is 540 g/mol. The Hall–Kier alpha value is -2.95. The van der Waals surface area contributed by atoms with Crippen LogP contribution >= 0.6 is 23.4 Å². The molecule has 0 bridgehead atoms. The molecular formula is C28H37ClN4O5S. The fourth-order valence-electron chi connectivity index (χ4n) is 4.42. The van der Waals surface area contributed by atoms with Gasteiger partial charge in [-0.05, 0) is 70.9 Å². The van der Waals surface area contributed by atoms with Gasteiger partial charge in [-0.1, -0.05) is 29.8 Å². The molecule has 9 nitrogen and oxygen atoms in total. The fourth-order valence-corrected chi connectivity index (χ4v) is 5.77. The normalized spacial score (nSPS) is 18.3. The number of methoxy groups -OCH3 is 1. The lowest BCUT2D eigenvalue weighted by atomic mass is 9.96. The molecule has 2 aromatic rings. The molecule has 5 N–H and O–H groups in total. The quantitative estimate of drug-likeness (QED) is 0.354. The van der Waals surface area contributed by atoms with Gasteiger partial charge in [0.1, 0.15) is 11.8 Å². The summed E-state index contributed by atoms with van der Waals surface area (Å²) in [5, 5.41) is 17.2. The molecule has 1 unspecified atom stereocenters. The molecule has 0 radical (unpaired) electrons. The zero-order chi connectivity index (χ0) is 29.1. The van der Waals surface area contributed by atoms with Crippen molar-refractivity contribution >= 4 is 46.8 Å². The highest BCUT2D eigenvalue weighted by molar-refractivity contribution is 8.00. The molecule has 3 amide bonds. The van der Waals surface area contributed by atoms with Crippen LogP contribution in [0.5, 0.6) is 5.75 Å². The summed E-state index contributed by atoms with van der Waals surface area (Å²) in [6.07, 6.45) is -1.51. The summed E-state index contributed by atoms with van der Waals surface area (Å²) in [5.74, 6) is -0.683. The van der Waals surface area contributed by atoms with Gasteiger partial charge in [0.25, 0.3) is 11.8 Å². The standard InChI is InChI=1S/C28H37ClN4O5S/c1-27(2,3)32-25(36)23-28(4,5)39-15-33(23)26(37)22(34)20(14-16-10-12-17(38-6)13-11-16)31-24(35)18-8-7-9-19(30)21(18)29/h7-13,20,22-23,34H,14-15,30H2,1-6H3,(H,31,35)(H,32,36)/t20-,22-,23?/m0/s1. The van der Waals surface area contributed by atoms with E-state index in [1.165, 1.54) is 22.7 Å². The Morgan fingerprint density at radius 2 is 1.85 bits per heavy atom. The van der Waals surface area contributed by atoms with Crippen LogP contribution in [0.2, 0.25) is 5.02 Å². The van der Waals surface area contributed by atoms with Crippen molar-refractivity contribution in [3.8, 4) is 5.75 Å². The molecule has 1 aliphatic rings. The third-order valence-electron chi connectivity index (χ3n) is 6.41. The first-order valence-corrected chi connectivity index (χ1v) is 13.9. The van der Waals surface area contributed by atoms with Crippen LogP contribution in [0, 0.1) is 0 Å². The number of thioether (sulfide) groups is 1. The van der Waals surface area contributed by atoms with Gasteiger partial charge in [0.15, 0.2) is 6.10 Å². The van der Waals surface area contributed by atoms with Crippen molar-refractivity contribution in [1.82, 2.24) is 15.5 Å². The van der Waals surface area contributed by atoms with Crippen LogP contribution in [0.15, 0.2) is 42.5 Å². The lowest BCUT2D eigenvalue weighted by Crippen LogP contribution is -2.60. The van der Waals surface area contributed by atoms with E-state index in [-0.39, 0.29) is 34.5 Å². The molecule has 1 heterocycles. The molecule has 1 aliphatic heterocycles. The summed E-state index contributed by atoms with van der Waals surface area (Å²) >= 11 is 7.71. The van der Waals surface area contributed by atoms with Gasteiger partial charge in [0.2, 0.25) is 5.91 Å². The van der Waals surface area contributed by atoms with Gasteiger partial charge in [-0.3, -0.25) is 14.4 Å². The number of rotatable bonds is 8. The van der Waals surface area contributed by atoms with E-state index < -0.39 is 40.3 Å². The minimum Gasteiger partial charge on any atom is -0.497 e. The number of nitrogens with one attached hydrogen (secondary N) is 2. The second-order valence-corrected chi connectivity index (χ2v) is 13.1. The number of anilines is 1. The number of aliphatic hydroxyl groups is 1. The molecule has 39 heavy (non-hydrogen) atoms. The van der Waals surface area contributed by atoms with Crippen molar-refractivity contribution in [2.24, 2.45) is 0 Å².